The Morgan fingerprint density at radius 2 is 1.83 bits per heavy atom. The molecule has 0 saturated heterocycles. The molecule has 2 N–H and O–H groups in total. The standard InChI is InChI=1S/C18H14ClN3O2/c1-12(23)13-4-2-6-16(8-13)21-11-14(10-20)18(24)22-17-7-3-5-15(19)9-17/h2-9,11,21H,1H3,(H,22,24). The van der Waals surface area contributed by atoms with Gasteiger partial charge in [0.15, 0.2) is 5.78 Å². The maximum absolute atomic E-state index is 12.1. The molecular weight excluding hydrogens is 326 g/mol. The summed E-state index contributed by atoms with van der Waals surface area (Å²) in [5.41, 5.74) is 1.52. The van der Waals surface area contributed by atoms with Gasteiger partial charge in [-0.05, 0) is 37.3 Å². The zero-order valence-corrected chi connectivity index (χ0v) is 13.6. The number of rotatable bonds is 5. The average molecular weight is 340 g/mol. The molecule has 2 aromatic rings. The predicted octanol–water partition coefficient (Wildman–Crippen LogP) is 4.00. The quantitative estimate of drug-likeness (QED) is 0.490. The van der Waals surface area contributed by atoms with Gasteiger partial charge in [0.25, 0.3) is 5.91 Å². The second-order valence-corrected chi connectivity index (χ2v) is 5.35. The van der Waals surface area contributed by atoms with E-state index < -0.39 is 5.91 Å². The molecule has 0 saturated carbocycles. The second-order valence-electron chi connectivity index (χ2n) is 4.92. The zero-order valence-electron chi connectivity index (χ0n) is 12.8. The van der Waals surface area contributed by atoms with Crippen LogP contribution in [0.25, 0.3) is 0 Å². The molecule has 1 amide bonds. The lowest BCUT2D eigenvalue weighted by Crippen LogP contribution is -2.14. The molecule has 5 nitrogen and oxygen atoms in total. The minimum absolute atomic E-state index is 0.0677. The fourth-order valence-corrected chi connectivity index (χ4v) is 2.09. The Hall–Kier alpha value is -3.10. The van der Waals surface area contributed by atoms with E-state index in [4.69, 9.17) is 16.9 Å². The number of nitrogens with zero attached hydrogens (tertiary/aromatic N) is 1. The Morgan fingerprint density at radius 1 is 1.12 bits per heavy atom. The van der Waals surface area contributed by atoms with E-state index >= 15 is 0 Å². The van der Waals surface area contributed by atoms with Gasteiger partial charge in [-0.3, -0.25) is 9.59 Å². The Morgan fingerprint density at radius 3 is 2.50 bits per heavy atom. The van der Waals surface area contributed by atoms with E-state index in [1.807, 2.05) is 6.07 Å². The first-order valence-electron chi connectivity index (χ1n) is 7.04. The van der Waals surface area contributed by atoms with Gasteiger partial charge < -0.3 is 10.6 Å². The van der Waals surface area contributed by atoms with Crippen LogP contribution in [-0.4, -0.2) is 11.7 Å². The number of carbonyl (C=O) groups is 2. The topological polar surface area (TPSA) is 82.0 Å². The molecule has 120 valence electrons. The van der Waals surface area contributed by atoms with Crippen molar-refractivity contribution in [3.8, 4) is 6.07 Å². The minimum Gasteiger partial charge on any atom is -0.360 e. The predicted molar refractivity (Wildman–Crippen MR) is 93.8 cm³/mol. The Balaban J connectivity index is 2.11. The molecule has 0 bridgehead atoms. The summed E-state index contributed by atoms with van der Waals surface area (Å²) in [6, 6.07) is 15.2. The molecule has 2 rings (SSSR count). The molecule has 0 fully saturated rings. The van der Waals surface area contributed by atoms with Crippen molar-refractivity contribution in [1.29, 1.82) is 5.26 Å². The van der Waals surface area contributed by atoms with Gasteiger partial charge in [-0.25, -0.2) is 0 Å². The van der Waals surface area contributed by atoms with Crippen molar-refractivity contribution in [3.05, 3.63) is 70.9 Å². The number of hydrogen-bond donors (Lipinski definition) is 2. The van der Waals surface area contributed by atoms with Crippen LogP contribution in [0, 0.1) is 11.3 Å². The highest BCUT2D eigenvalue weighted by molar-refractivity contribution is 6.31. The summed E-state index contributed by atoms with van der Waals surface area (Å²) in [6.07, 6.45) is 1.29. The van der Waals surface area contributed by atoms with E-state index in [1.165, 1.54) is 13.1 Å². The number of benzene rings is 2. The van der Waals surface area contributed by atoms with Crippen molar-refractivity contribution in [3.63, 3.8) is 0 Å². The van der Waals surface area contributed by atoms with E-state index in [9.17, 15) is 9.59 Å². The highest BCUT2D eigenvalue weighted by Crippen LogP contribution is 2.16. The highest BCUT2D eigenvalue weighted by Gasteiger charge is 2.09. The Labute approximate surface area is 144 Å². The highest BCUT2D eigenvalue weighted by atomic mass is 35.5. The molecule has 0 spiro atoms. The fourth-order valence-electron chi connectivity index (χ4n) is 1.90. The summed E-state index contributed by atoms with van der Waals surface area (Å²) in [5, 5.41) is 15.1. The summed E-state index contributed by atoms with van der Waals surface area (Å²) < 4.78 is 0. The van der Waals surface area contributed by atoms with Crippen LogP contribution in [0.15, 0.2) is 60.3 Å². The lowest BCUT2D eigenvalue weighted by atomic mass is 10.1. The van der Waals surface area contributed by atoms with Crippen molar-refractivity contribution < 1.29 is 9.59 Å². The average Bonchev–Trinajstić information content (AvgIpc) is 2.55. The van der Waals surface area contributed by atoms with Gasteiger partial charge >= 0.3 is 0 Å². The molecular formula is C18H14ClN3O2. The van der Waals surface area contributed by atoms with Gasteiger partial charge in [0.05, 0.1) is 0 Å². The molecule has 0 aliphatic carbocycles. The molecule has 0 aliphatic rings. The molecule has 0 aromatic heterocycles. The van der Waals surface area contributed by atoms with E-state index in [-0.39, 0.29) is 11.4 Å². The van der Waals surface area contributed by atoms with Gasteiger partial charge in [-0.15, -0.1) is 0 Å². The number of amides is 1. The molecule has 0 atom stereocenters. The lowest BCUT2D eigenvalue weighted by molar-refractivity contribution is -0.112. The number of hydrogen-bond acceptors (Lipinski definition) is 4. The number of ketones is 1. The van der Waals surface area contributed by atoms with Gasteiger partial charge in [0, 0.05) is 28.2 Å². The van der Waals surface area contributed by atoms with Crippen molar-refractivity contribution in [1.82, 2.24) is 0 Å². The largest absolute Gasteiger partial charge is 0.360 e. The molecule has 0 aliphatic heterocycles. The van der Waals surface area contributed by atoms with Crippen molar-refractivity contribution in [2.24, 2.45) is 0 Å². The number of nitriles is 1. The third-order valence-electron chi connectivity index (χ3n) is 3.10. The van der Waals surface area contributed by atoms with E-state index in [1.54, 1.807) is 48.5 Å². The number of Topliss-reactive ketones (excluding diaryl/α,β-unsaturated/α-hetero) is 1. The summed E-state index contributed by atoms with van der Waals surface area (Å²) >= 11 is 5.85. The third kappa shape index (κ3) is 4.70. The van der Waals surface area contributed by atoms with Crippen LogP contribution < -0.4 is 10.6 Å². The number of anilines is 2. The van der Waals surface area contributed by atoms with Crippen LogP contribution in [-0.2, 0) is 4.79 Å². The van der Waals surface area contributed by atoms with E-state index in [2.05, 4.69) is 10.6 Å². The Bertz CT molecular complexity index is 853. The van der Waals surface area contributed by atoms with Gasteiger partial charge in [0.2, 0.25) is 0 Å². The van der Waals surface area contributed by atoms with E-state index in [0.717, 1.165) is 0 Å². The summed E-state index contributed by atoms with van der Waals surface area (Å²) in [5.74, 6) is -0.628. The maximum atomic E-state index is 12.1. The first-order chi connectivity index (χ1) is 11.5. The number of halogens is 1. The minimum atomic E-state index is -0.560. The van der Waals surface area contributed by atoms with Crippen LogP contribution >= 0.6 is 11.6 Å². The van der Waals surface area contributed by atoms with Gasteiger partial charge in [-0.1, -0.05) is 29.8 Å². The molecule has 0 heterocycles. The van der Waals surface area contributed by atoms with Crippen LogP contribution in [0.3, 0.4) is 0 Å². The van der Waals surface area contributed by atoms with Crippen LogP contribution in [0.2, 0.25) is 5.02 Å². The fraction of sp³-hybridized carbons (Fsp3) is 0.0556. The molecule has 0 unspecified atom stereocenters. The zero-order chi connectivity index (χ0) is 17.5. The number of nitrogens with one attached hydrogen (secondary N) is 2. The SMILES string of the molecule is CC(=O)c1cccc(NC=C(C#N)C(=O)Nc2cccc(Cl)c2)c1. The van der Waals surface area contributed by atoms with Gasteiger partial charge in [-0.2, -0.15) is 5.26 Å². The van der Waals surface area contributed by atoms with Crippen molar-refractivity contribution in [2.75, 3.05) is 10.6 Å². The lowest BCUT2D eigenvalue weighted by Gasteiger charge is -2.06. The summed E-state index contributed by atoms with van der Waals surface area (Å²) in [7, 11) is 0. The van der Waals surface area contributed by atoms with Gasteiger partial charge in [0.1, 0.15) is 11.6 Å². The maximum Gasteiger partial charge on any atom is 0.267 e. The van der Waals surface area contributed by atoms with Crippen LogP contribution in [0.5, 0.6) is 0 Å². The second kappa shape index (κ2) is 7.95. The molecule has 0 radical (unpaired) electrons. The summed E-state index contributed by atoms with van der Waals surface area (Å²) in [4.78, 5) is 23.5. The van der Waals surface area contributed by atoms with Crippen LogP contribution in [0.4, 0.5) is 11.4 Å². The Kier molecular flexibility index (Phi) is 5.72. The van der Waals surface area contributed by atoms with E-state index in [0.29, 0.717) is 22.0 Å². The normalized spacial score (nSPS) is 10.6. The third-order valence-corrected chi connectivity index (χ3v) is 3.33. The molecule has 2 aromatic carbocycles. The number of carbonyl (C=O) groups excluding carboxylic acids is 2. The van der Waals surface area contributed by atoms with Crippen molar-refractivity contribution in [2.45, 2.75) is 6.92 Å². The van der Waals surface area contributed by atoms with Crippen molar-refractivity contribution >= 4 is 34.7 Å². The molecule has 24 heavy (non-hydrogen) atoms. The first-order valence-corrected chi connectivity index (χ1v) is 7.42. The monoisotopic (exact) mass is 339 g/mol. The molecule has 6 heteroatoms. The smallest absolute Gasteiger partial charge is 0.267 e. The summed E-state index contributed by atoms with van der Waals surface area (Å²) in [6.45, 7) is 1.47. The van der Waals surface area contributed by atoms with Crippen LogP contribution in [0.1, 0.15) is 17.3 Å². The first kappa shape index (κ1) is 17.3.